The fraction of sp³-hybridized carbons (Fsp3) is 1.00. The zero-order chi connectivity index (χ0) is 9.84. The molecule has 0 aromatic carbocycles. The van der Waals surface area contributed by atoms with Crippen molar-refractivity contribution in [3.8, 4) is 0 Å². The van der Waals surface area contributed by atoms with Crippen LogP contribution in [0.25, 0.3) is 0 Å². The van der Waals surface area contributed by atoms with Crippen LogP contribution in [0.3, 0.4) is 0 Å². The number of ether oxygens (including phenoxy) is 1. The Morgan fingerprint density at radius 2 is 1.46 bits per heavy atom. The van der Waals surface area contributed by atoms with Crippen molar-refractivity contribution in [2.75, 3.05) is 0 Å². The fourth-order valence-electron chi connectivity index (χ4n) is 2.28. The Morgan fingerprint density at radius 1 is 0.923 bits per heavy atom. The van der Waals surface area contributed by atoms with Gasteiger partial charge >= 0.3 is 0 Å². The fourth-order valence-corrected chi connectivity index (χ4v) is 2.28. The second kappa shape index (κ2) is 4.99. The van der Waals surface area contributed by atoms with Crippen molar-refractivity contribution in [2.45, 2.75) is 65.6 Å². The third-order valence-electron chi connectivity index (χ3n) is 3.13. The van der Waals surface area contributed by atoms with E-state index in [1.54, 1.807) is 0 Å². The van der Waals surface area contributed by atoms with Crippen LogP contribution >= 0.6 is 0 Å². The van der Waals surface area contributed by atoms with Crippen LogP contribution in [0.5, 0.6) is 0 Å². The summed E-state index contributed by atoms with van der Waals surface area (Å²) in [7, 11) is 0. The summed E-state index contributed by atoms with van der Waals surface area (Å²) in [6.07, 6.45) is 6.25. The van der Waals surface area contributed by atoms with Crippen molar-refractivity contribution in [2.24, 2.45) is 11.8 Å². The summed E-state index contributed by atoms with van der Waals surface area (Å²) in [5.74, 6) is 1.81. The lowest BCUT2D eigenvalue weighted by Gasteiger charge is -2.31. The van der Waals surface area contributed by atoms with E-state index in [1.807, 2.05) is 0 Å². The van der Waals surface area contributed by atoms with Gasteiger partial charge in [0.1, 0.15) is 0 Å². The van der Waals surface area contributed by atoms with E-state index < -0.39 is 0 Å². The molecule has 0 aromatic rings. The Bertz CT molecular complexity index is 132. The molecule has 1 aliphatic carbocycles. The van der Waals surface area contributed by atoms with Crippen molar-refractivity contribution in [1.82, 2.24) is 0 Å². The van der Waals surface area contributed by atoms with Gasteiger partial charge in [-0.3, -0.25) is 0 Å². The van der Waals surface area contributed by atoms with Gasteiger partial charge in [0.25, 0.3) is 0 Å². The molecule has 0 saturated heterocycles. The summed E-state index contributed by atoms with van der Waals surface area (Å²) >= 11 is 0. The van der Waals surface area contributed by atoms with Gasteiger partial charge in [-0.05, 0) is 51.4 Å². The SMILES string of the molecule is CC(C)OC1CCC(C(C)C)CC1. The third-order valence-corrected chi connectivity index (χ3v) is 3.13. The van der Waals surface area contributed by atoms with Gasteiger partial charge in [-0.15, -0.1) is 0 Å². The molecule has 0 atom stereocenters. The molecule has 0 spiro atoms. The van der Waals surface area contributed by atoms with Crippen LogP contribution in [0.2, 0.25) is 0 Å². The molecule has 1 nitrogen and oxygen atoms in total. The van der Waals surface area contributed by atoms with Crippen molar-refractivity contribution >= 4 is 0 Å². The Hall–Kier alpha value is -0.0400. The molecular formula is C12H24O. The van der Waals surface area contributed by atoms with E-state index in [2.05, 4.69) is 27.7 Å². The van der Waals surface area contributed by atoms with E-state index in [9.17, 15) is 0 Å². The average molecular weight is 184 g/mol. The van der Waals surface area contributed by atoms with Gasteiger partial charge in [0.2, 0.25) is 0 Å². The zero-order valence-corrected chi connectivity index (χ0v) is 9.55. The van der Waals surface area contributed by atoms with Crippen LogP contribution in [0.4, 0.5) is 0 Å². The third kappa shape index (κ3) is 3.68. The van der Waals surface area contributed by atoms with Crippen LogP contribution < -0.4 is 0 Å². The van der Waals surface area contributed by atoms with Crippen molar-refractivity contribution in [1.29, 1.82) is 0 Å². The second-order valence-corrected chi connectivity index (χ2v) is 4.97. The van der Waals surface area contributed by atoms with E-state index in [0.717, 1.165) is 11.8 Å². The first-order chi connectivity index (χ1) is 6.09. The highest BCUT2D eigenvalue weighted by Crippen LogP contribution is 2.31. The van der Waals surface area contributed by atoms with Gasteiger partial charge in [0.05, 0.1) is 12.2 Å². The predicted octanol–water partition coefficient (Wildman–Crippen LogP) is 3.63. The van der Waals surface area contributed by atoms with Gasteiger partial charge in [-0.25, -0.2) is 0 Å². The summed E-state index contributed by atoms with van der Waals surface area (Å²) in [6.45, 7) is 8.95. The van der Waals surface area contributed by atoms with Gasteiger partial charge in [-0.1, -0.05) is 13.8 Å². The van der Waals surface area contributed by atoms with Gasteiger partial charge in [-0.2, -0.15) is 0 Å². The molecule has 1 fully saturated rings. The molecule has 1 saturated carbocycles. The minimum Gasteiger partial charge on any atom is -0.376 e. The molecule has 13 heavy (non-hydrogen) atoms. The summed E-state index contributed by atoms with van der Waals surface area (Å²) < 4.78 is 5.82. The van der Waals surface area contributed by atoms with Crippen LogP contribution in [-0.2, 0) is 4.74 Å². The van der Waals surface area contributed by atoms with Crippen LogP contribution in [0.1, 0.15) is 53.4 Å². The standard InChI is InChI=1S/C12H24O/c1-9(2)11-5-7-12(8-6-11)13-10(3)4/h9-12H,5-8H2,1-4H3. The summed E-state index contributed by atoms with van der Waals surface area (Å²) in [4.78, 5) is 0. The lowest BCUT2D eigenvalue weighted by Crippen LogP contribution is -2.26. The maximum atomic E-state index is 5.82. The first kappa shape index (κ1) is 11.0. The van der Waals surface area contributed by atoms with E-state index in [-0.39, 0.29) is 0 Å². The summed E-state index contributed by atoms with van der Waals surface area (Å²) in [5, 5.41) is 0. The predicted molar refractivity (Wildman–Crippen MR) is 56.8 cm³/mol. The molecule has 0 unspecified atom stereocenters. The molecule has 1 rings (SSSR count). The lowest BCUT2D eigenvalue weighted by molar-refractivity contribution is -0.0230. The Labute approximate surface area is 82.9 Å². The second-order valence-electron chi connectivity index (χ2n) is 4.97. The maximum Gasteiger partial charge on any atom is 0.0578 e. The first-order valence-electron chi connectivity index (χ1n) is 5.75. The largest absolute Gasteiger partial charge is 0.376 e. The molecule has 1 aliphatic rings. The number of rotatable bonds is 3. The highest BCUT2D eigenvalue weighted by atomic mass is 16.5. The molecule has 0 radical (unpaired) electrons. The highest BCUT2D eigenvalue weighted by Gasteiger charge is 2.23. The lowest BCUT2D eigenvalue weighted by atomic mass is 9.80. The molecular weight excluding hydrogens is 160 g/mol. The molecule has 0 amide bonds. The van der Waals surface area contributed by atoms with E-state index in [0.29, 0.717) is 12.2 Å². The topological polar surface area (TPSA) is 9.23 Å². The van der Waals surface area contributed by atoms with E-state index >= 15 is 0 Å². The Balaban J connectivity index is 2.22. The molecule has 0 aromatic heterocycles. The Morgan fingerprint density at radius 3 is 1.85 bits per heavy atom. The van der Waals surface area contributed by atoms with Crippen LogP contribution in [0, 0.1) is 11.8 Å². The van der Waals surface area contributed by atoms with Crippen molar-refractivity contribution in [3.05, 3.63) is 0 Å². The number of hydrogen-bond acceptors (Lipinski definition) is 1. The van der Waals surface area contributed by atoms with Crippen molar-refractivity contribution < 1.29 is 4.74 Å². The van der Waals surface area contributed by atoms with Crippen molar-refractivity contribution in [3.63, 3.8) is 0 Å². The highest BCUT2D eigenvalue weighted by molar-refractivity contribution is 4.75. The van der Waals surface area contributed by atoms with Gasteiger partial charge < -0.3 is 4.74 Å². The summed E-state index contributed by atoms with van der Waals surface area (Å²) in [6, 6.07) is 0. The monoisotopic (exact) mass is 184 g/mol. The van der Waals surface area contributed by atoms with E-state index in [1.165, 1.54) is 25.7 Å². The zero-order valence-electron chi connectivity index (χ0n) is 9.55. The molecule has 0 aliphatic heterocycles. The molecule has 0 N–H and O–H groups in total. The molecule has 0 heterocycles. The average Bonchev–Trinajstić information content (AvgIpc) is 2.04. The smallest absolute Gasteiger partial charge is 0.0578 e. The maximum absolute atomic E-state index is 5.82. The van der Waals surface area contributed by atoms with E-state index in [4.69, 9.17) is 4.74 Å². The molecule has 0 bridgehead atoms. The first-order valence-corrected chi connectivity index (χ1v) is 5.75. The normalized spacial score (nSPS) is 30.0. The van der Waals surface area contributed by atoms with Gasteiger partial charge in [0, 0.05) is 0 Å². The minimum absolute atomic E-state index is 0.403. The Kier molecular flexibility index (Phi) is 4.24. The van der Waals surface area contributed by atoms with Crippen LogP contribution in [-0.4, -0.2) is 12.2 Å². The quantitative estimate of drug-likeness (QED) is 0.651. The van der Waals surface area contributed by atoms with Crippen LogP contribution in [0.15, 0.2) is 0 Å². The molecule has 78 valence electrons. The summed E-state index contributed by atoms with van der Waals surface area (Å²) in [5.41, 5.74) is 0. The van der Waals surface area contributed by atoms with Gasteiger partial charge in [0.15, 0.2) is 0 Å². The minimum atomic E-state index is 0.403. The molecule has 1 heteroatoms. The number of hydrogen-bond donors (Lipinski definition) is 0.